The summed E-state index contributed by atoms with van der Waals surface area (Å²) in [5, 5.41) is 131. The molecule has 150 heavy (non-hydrogen) atoms. The van der Waals surface area contributed by atoms with Crippen molar-refractivity contribution >= 4 is 141 Å². The minimum atomic E-state index is -1.98. The number of aromatic nitrogens is 8. The van der Waals surface area contributed by atoms with Crippen LogP contribution in [-0.4, -0.2) is 399 Å². The van der Waals surface area contributed by atoms with Gasteiger partial charge in [-0.3, -0.25) is 111 Å². The normalized spacial score (nSPS) is 16.5. The summed E-state index contributed by atoms with van der Waals surface area (Å²) in [6.07, 6.45) is 2.52. The molecule has 816 valence electrons. The smallest absolute Gasteiger partial charge is 0.326 e. The largest absolute Gasteiger partial charge is 0.481 e. The van der Waals surface area contributed by atoms with Gasteiger partial charge >= 0.3 is 65.7 Å². The van der Waals surface area contributed by atoms with Crippen LogP contribution in [0.25, 0.3) is 10.8 Å². The van der Waals surface area contributed by atoms with Gasteiger partial charge in [-0.05, 0) is 99.3 Å². The fraction of sp³-hybridized carbons (Fsp3) is 0.527. The van der Waals surface area contributed by atoms with Crippen molar-refractivity contribution in [3.8, 4) is 0 Å². The second-order valence-electron chi connectivity index (χ2n) is 36.2. The van der Waals surface area contributed by atoms with Crippen LogP contribution in [-0.2, 0) is 133 Å². The van der Waals surface area contributed by atoms with Crippen LogP contribution >= 0.6 is 0 Å². The maximum Gasteiger partial charge on any atom is 0.326 e. The minimum absolute atomic E-state index is 0.00636. The molecular weight excluding hydrogens is 1980 g/mol. The third-order valence-corrected chi connectivity index (χ3v) is 24.7. The summed E-state index contributed by atoms with van der Waals surface area (Å²) < 4.78 is 0. The van der Waals surface area contributed by atoms with Crippen LogP contribution in [0.5, 0.6) is 0 Å². The lowest BCUT2D eigenvalue weighted by Gasteiger charge is -2.33. The first-order valence-corrected chi connectivity index (χ1v) is 48.3. The number of unbranched alkanes of at least 4 members (excludes halogenated alkanes) is 1. The monoisotopic (exact) mass is 2110 g/mol. The molecule has 0 radical (unpaired) electrons. The van der Waals surface area contributed by atoms with E-state index in [0.717, 1.165) is 10.8 Å². The van der Waals surface area contributed by atoms with Gasteiger partial charge < -0.3 is 140 Å². The maximum atomic E-state index is 14.9. The van der Waals surface area contributed by atoms with E-state index in [1.807, 2.05) is 42.5 Å². The van der Waals surface area contributed by atoms with Gasteiger partial charge in [0, 0.05) is 160 Å². The molecule has 6 aromatic rings. The molecule has 13 amide bonds. The van der Waals surface area contributed by atoms with Gasteiger partial charge in [-0.2, -0.15) is 0 Å². The second-order valence-corrected chi connectivity index (χ2v) is 36.2. The Morgan fingerprint density at radius 2 is 0.620 bits per heavy atom. The van der Waals surface area contributed by atoms with Crippen LogP contribution in [0, 0.1) is 11.8 Å². The fourth-order valence-electron chi connectivity index (χ4n) is 16.6. The number of hydrogen-bond acceptors (Lipinski definition) is 30. The van der Waals surface area contributed by atoms with Gasteiger partial charge in [0.25, 0.3) is 0 Å². The third kappa shape index (κ3) is 43.3. The molecule has 2 aliphatic rings. The molecule has 5 heterocycles. The van der Waals surface area contributed by atoms with E-state index in [2.05, 4.69) is 109 Å². The van der Waals surface area contributed by atoms with Crippen molar-refractivity contribution in [1.82, 2.24) is 129 Å². The number of urea groups is 1. The van der Waals surface area contributed by atoms with E-state index in [4.69, 9.17) is 5.11 Å². The summed E-state index contributed by atoms with van der Waals surface area (Å²) in [4.78, 5) is 326. The standard InChI is InChI=1S/C93H127N25O32/c119-72(44-115-25-27-116(45-78(130)131)29-31-118(47-80(134)135)32-30-117(28-26-115)46-79(132)133)104-61(14-19-73(120)121)84(139)110-69(36-58-41-95-49-101-58)88(143)106-63(16-21-75(124)125)86(141)112-71(38-60-43-97-51-103-60)90(145)107-64(17-22-76(126)127)87(142)111-70(37-59-42-96-50-102-59)89(144)105-62(15-20-74(122)123)85(140)109-68(35-57-40-94-48-100-57)83(138)99-39-52-8-12-55(13-9-52)81(136)108-67(34-53-10-11-54-5-1-2-6-56(54)33-53)82(137)98-24-4-3-7-65(91(146)147)113-93(150)114-66(92(148)149)18-23-77(128)129/h1-2,5-6,10-11,33,40-43,48-52,55,61-71H,3-4,7-9,12-32,34-39,44-47H2,(H,94,100)(H,95,101)(H,96,102)(H,97,103)(H,98,137)(H,99,138)(H,104,119)(H,105,144)(H,106,143)(H,107,145)(H,108,136)(H,109,140)(H,110,139)(H,111,142)(H,112,141)(H,120,121)(H,122,123)(H,124,125)(H,126,127)(H,128,129)(H,130,131)(H,132,133)(H,134,135)(H,146,147)(H,148,149)(H2,113,114,150). The molecule has 0 spiro atoms. The summed E-state index contributed by atoms with van der Waals surface area (Å²) in [5.41, 5.74) is 1.13. The highest BCUT2D eigenvalue weighted by molar-refractivity contribution is 6.00. The van der Waals surface area contributed by atoms with E-state index in [9.17, 15) is 151 Å². The number of imidazole rings is 4. The summed E-state index contributed by atoms with van der Waals surface area (Å²) in [6.45, 7) is -2.05. The van der Waals surface area contributed by atoms with Gasteiger partial charge in [0.1, 0.15) is 66.5 Å². The van der Waals surface area contributed by atoms with Crippen LogP contribution in [0.2, 0.25) is 0 Å². The number of carboxylic acids is 10. The molecule has 1 saturated heterocycles. The molecule has 4 aromatic heterocycles. The van der Waals surface area contributed by atoms with Crippen LogP contribution in [0.1, 0.15) is 137 Å². The van der Waals surface area contributed by atoms with E-state index in [-0.39, 0.29) is 139 Å². The van der Waals surface area contributed by atoms with Gasteiger partial charge in [-0.15, -0.1) is 0 Å². The quantitative estimate of drug-likeness (QED) is 0.0159. The Balaban J connectivity index is 0.935. The van der Waals surface area contributed by atoms with Gasteiger partial charge in [0.15, 0.2) is 0 Å². The van der Waals surface area contributed by atoms with Crippen LogP contribution < -0.4 is 69.1 Å². The molecule has 1 saturated carbocycles. The van der Waals surface area contributed by atoms with Crippen molar-refractivity contribution in [2.45, 2.75) is 208 Å². The van der Waals surface area contributed by atoms with E-state index in [1.54, 1.807) is 0 Å². The predicted molar refractivity (Wildman–Crippen MR) is 517 cm³/mol. The predicted octanol–water partition coefficient (Wildman–Crippen LogP) is -5.18. The van der Waals surface area contributed by atoms with Gasteiger partial charge in [-0.1, -0.05) is 42.5 Å². The average molecular weight is 2110 g/mol. The maximum absolute atomic E-state index is 14.9. The van der Waals surface area contributed by atoms with E-state index < -0.39 is 313 Å². The first-order chi connectivity index (χ1) is 71.5. The van der Waals surface area contributed by atoms with E-state index in [1.165, 1.54) is 69.7 Å². The zero-order valence-corrected chi connectivity index (χ0v) is 81.7. The summed E-state index contributed by atoms with van der Waals surface area (Å²) in [5.74, 6) is -26.1. The topological polar surface area (TPSA) is 862 Å². The Bertz CT molecular complexity index is 5560. The molecule has 11 unspecified atom stereocenters. The molecule has 1 aliphatic carbocycles. The summed E-state index contributed by atoms with van der Waals surface area (Å²) in [6, 6.07) is -7.04. The van der Waals surface area contributed by atoms with Gasteiger partial charge in [-0.25, -0.2) is 34.3 Å². The highest BCUT2D eigenvalue weighted by atomic mass is 16.4. The molecule has 2 aromatic carbocycles. The highest BCUT2D eigenvalue weighted by Crippen LogP contribution is 2.30. The number of benzene rings is 2. The van der Waals surface area contributed by atoms with Crippen molar-refractivity contribution in [2.24, 2.45) is 11.8 Å². The number of carboxylic acid groups (broad SMARTS) is 10. The first-order valence-electron chi connectivity index (χ1n) is 48.3. The Hall–Kier alpha value is -16.5. The number of fused-ring (bicyclic) bond motifs is 1. The lowest BCUT2D eigenvalue weighted by atomic mass is 9.81. The molecule has 2 fully saturated rings. The molecule has 11 atom stereocenters. The zero-order valence-electron chi connectivity index (χ0n) is 81.7. The Labute approximate surface area is 855 Å². The van der Waals surface area contributed by atoms with E-state index >= 15 is 0 Å². The number of nitrogens with one attached hydrogen (secondary N) is 17. The van der Waals surface area contributed by atoms with Crippen molar-refractivity contribution in [3.05, 3.63) is 121 Å². The number of amides is 13. The Morgan fingerprint density at radius 1 is 0.307 bits per heavy atom. The number of aromatic amines is 4. The zero-order chi connectivity index (χ0) is 109. The minimum Gasteiger partial charge on any atom is -0.481 e. The lowest BCUT2D eigenvalue weighted by molar-refractivity contribution is -0.141. The third-order valence-electron chi connectivity index (χ3n) is 24.7. The Morgan fingerprint density at radius 3 is 0.967 bits per heavy atom. The number of H-pyrrole nitrogens is 4. The summed E-state index contributed by atoms with van der Waals surface area (Å²) >= 11 is 0. The molecule has 8 rings (SSSR count). The van der Waals surface area contributed by atoms with Crippen molar-refractivity contribution in [2.75, 3.05) is 91.6 Å². The average Bonchev–Trinajstić information content (AvgIpc) is 1.17. The molecule has 27 N–H and O–H groups in total. The number of nitrogens with zero attached hydrogens (tertiary/aromatic N) is 8. The number of carbonyl (C=O) groups is 22. The van der Waals surface area contributed by atoms with Crippen molar-refractivity contribution in [3.63, 3.8) is 0 Å². The van der Waals surface area contributed by atoms with Gasteiger partial charge in [0.2, 0.25) is 65.0 Å². The molecule has 1 aliphatic heterocycles. The first kappa shape index (κ1) is 119. The van der Waals surface area contributed by atoms with Crippen LogP contribution in [0.15, 0.2) is 92.6 Å². The Kier molecular flexibility index (Phi) is 48.5. The van der Waals surface area contributed by atoms with Crippen LogP contribution in [0.4, 0.5) is 4.79 Å². The molecule has 57 heteroatoms. The molecule has 0 bridgehead atoms. The SMILES string of the molecule is O=C(O)CCC(NC(=O)NC(CCCCNC(=O)C(Cc1ccc2ccccc2c1)NC(=O)C1CCC(CNC(=O)C(Cc2c[nH]cn2)NC(=O)C(CCC(=O)O)NC(=O)C(Cc2c[nH]cn2)NC(=O)C(CCC(=O)O)NC(=O)C(Cc2c[nH]cn2)NC(=O)C(CCC(=O)O)NC(=O)C(Cc2c[nH]cn2)NC(=O)C(CCC(=O)O)NC(=O)CN2CCN(CC(=O)O)CCN(CC(=O)O)CCN(CC(=O)O)CC2)CC1)C(=O)O)C(=O)O. The number of carbonyl (C=O) groups excluding carboxylic acids is 12. The molecular formula is C93H127N25O32. The second kappa shape index (κ2) is 61.2. The highest BCUT2D eigenvalue weighted by Gasteiger charge is 2.40. The fourth-order valence-corrected chi connectivity index (χ4v) is 16.6. The van der Waals surface area contributed by atoms with Crippen molar-refractivity contribution < 1.29 is 157 Å². The number of aliphatic carboxylic acids is 10. The molecule has 57 nitrogen and oxygen atoms in total. The van der Waals surface area contributed by atoms with Crippen molar-refractivity contribution in [1.29, 1.82) is 0 Å². The van der Waals surface area contributed by atoms with Gasteiger partial charge in [0.05, 0.1) is 74.3 Å². The summed E-state index contributed by atoms with van der Waals surface area (Å²) in [7, 11) is 0. The van der Waals surface area contributed by atoms with E-state index in [0.29, 0.717) is 18.4 Å². The van der Waals surface area contributed by atoms with Crippen LogP contribution in [0.3, 0.4) is 0 Å². The lowest BCUT2D eigenvalue weighted by Crippen LogP contribution is -2.61. The number of hydrogen-bond donors (Lipinski definition) is 27. The number of rotatable bonds is 63.